The number of rotatable bonds is 3. The summed E-state index contributed by atoms with van der Waals surface area (Å²) >= 11 is 0. The molecule has 2 rings (SSSR count). The second kappa shape index (κ2) is 7.51. The minimum Gasteiger partial charge on any atom is -0.352 e. The first-order chi connectivity index (χ1) is 8.66. The van der Waals surface area contributed by atoms with Crippen LogP contribution in [0.2, 0.25) is 0 Å². The fraction of sp³-hybridized carbons (Fsp3) is 0.533. The Bertz CT molecular complexity index is 428. The molecule has 1 fully saturated rings. The summed E-state index contributed by atoms with van der Waals surface area (Å²) in [6.07, 6.45) is 2.42. The van der Waals surface area contributed by atoms with Gasteiger partial charge in [-0.1, -0.05) is 17.7 Å². The largest absolute Gasteiger partial charge is 0.352 e. The molecule has 1 atom stereocenters. The Labute approximate surface area is 121 Å². The van der Waals surface area contributed by atoms with Crippen molar-refractivity contribution in [2.75, 3.05) is 19.6 Å². The maximum Gasteiger partial charge on any atom is 0.251 e. The molecular formula is C15H23ClN2O. The van der Waals surface area contributed by atoms with Gasteiger partial charge in [-0.3, -0.25) is 4.79 Å². The van der Waals surface area contributed by atoms with E-state index in [2.05, 4.69) is 16.7 Å². The molecule has 1 heterocycles. The zero-order chi connectivity index (χ0) is 13.0. The second-order valence-electron chi connectivity index (χ2n) is 5.24. The molecule has 1 aliphatic rings. The zero-order valence-corrected chi connectivity index (χ0v) is 12.5. The van der Waals surface area contributed by atoms with E-state index in [1.165, 1.54) is 18.4 Å². The molecule has 0 aliphatic carbocycles. The lowest BCUT2D eigenvalue weighted by Gasteiger charge is -2.23. The van der Waals surface area contributed by atoms with Gasteiger partial charge in [0.15, 0.2) is 0 Å². The number of benzene rings is 1. The minimum atomic E-state index is 0. The number of carbonyl (C=O) groups excluding carboxylic acids is 1. The second-order valence-corrected chi connectivity index (χ2v) is 5.24. The van der Waals surface area contributed by atoms with Crippen LogP contribution >= 0.6 is 12.4 Å². The lowest BCUT2D eigenvalue weighted by atomic mass is 9.99. The first-order valence-electron chi connectivity index (χ1n) is 6.73. The Morgan fingerprint density at radius 2 is 2.21 bits per heavy atom. The third kappa shape index (κ3) is 4.51. The van der Waals surface area contributed by atoms with E-state index < -0.39 is 0 Å². The van der Waals surface area contributed by atoms with Crippen molar-refractivity contribution in [2.45, 2.75) is 26.7 Å². The summed E-state index contributed by atoms with van der Waals surface area (Å²) in [6.45, 7) is 6.94. The average Bonchev–Trinajstić information content (AvgIpc) is 2.37. The molecule has 1 aliphatic heterocycles. The number of amides is 1. The Morgan fingerprint density at radius 1 is 1.42 bits per heavy atom. The van der Waals surface area contributed by atoms with Crippen molar-refractivity contribution >= 4 is 18.3 Å². The Balaban J connectivity index is 0.00000180. The topological polar surface area (TPSA) is 41.1 Å². The number of aryl methyl sites for hydroxylation is 2. The summed E-state index contributed by atoms with van der Waals surface area (Å²) < 4.78 is 0. The minimum absolute atomic E-state index is 0. The predicted molar refractivity (Wildman–Crippen MR) is 81.1 cm³/mol. The van der Waals surface area contributed by atoms with Crippen molar-refractivity contribution in [3.05, 3.63) is 34.9 Å². The van der Waals surface area contributed by atoms with Crippen LogP contribution in [0.4, 0.5) is 0 Å². The third-order valence-electron chi connectivity index (χ3n) is 3.58. The Kier molecular flexibility index (Phi) is 6.32. The molecule has 0 radical (unpaired) electrons. The molecule has 4 heteroatoms. The van der Waals surface area contributed by atoms with E-state index in [0.29, 0.717) is 5.92 Å². The molecule has 0 spiro atoms. The molecule has 0 aromatic heterocycles. The van der Waals surface area contributed by atoms with Crippen molar-refractivity contribution in [2.24, 2.45) is 5.92 Å². The van der Waals surface area contributed by atoms with Crippen molar-refractivity contribution in [1.82, 2.24) is 10.6 Å². The van der Waals surface area contributed by atoms with Crippen LogP contribution in [0.5, 0.6) is 0 Å². The molecular weight excluding hydrogens is 260 g/mol. The molecule has 106 valence electrons. The summed E-state index contributed by atoms with van der Waals surface area (Å²) in [6, 6.07) is 5.96. The summed E-state index contributed by atoms with van der Waals surface area (Å²) in [5, 5.41) is 6.42. The van der Waals surface area contributed by atoms with Gasteiger partial charge in [-0.05, 0) is 57.3 Å². The summed E-state index contributed by atoms with van der Waals surface area (Å²) in [5.74, 6) is 0.631. The molecule has 1 aromatic carbocycles. The molecule has 2 N–H and O–H groups in total. The van der Waals surface area contributed by atoms with E-state index in [-0.39, 0.29) is 18.3 Å². The molecule has 0 saturated carbocycles. The Hall–Kier alpha value is -1.06. The third-order valence-corrected chi connectivity index (χ3v) is 3.58. The van der Waals surface area contributed by atoms with Gasteiger partial charge in [0, 0.05) is 12.1 Å². The van der Waals surface area contributed by atoms with E-state index in [9.17, 15) is 4.79 Å². The van der Waals surface area contributed by atoms with Gasteiger partial charge in [-0.25, -0.2) is 0 Å². The SMILES string of the molecule is Cc1ccc(C(=O)NCC2CCCNC2)c(C)c1.Cl. The van der Waals surface area contributed by atoms with Crippen molar-refractivity contribution < 1.29 is 4.79 Å². The maximum absolute atomic E-state index is 12.1. The smallest absolute Gasteiger partial charge is 0.251 e. The maximum atomic E-state index is 12.1. The van der Waals surface area contributed by atoms with Crippen LogP contribution in [0, 0.1) is 19.8 Å². The van der Waals surface area contributed by atoms with Crippen LogP contribution in [0.3, 0.4) is 0 Å². The number of hydrogen-bond donors (Lipinski definition) is 2. The molecule has 3 nitrogen and oxygen atoms in total. The molecule has 1 saturated heterocycles. The summed E-state index contributed by atoms with van der Waals surface area (Å²) in [5.41, 5.74) is 3.04. The number of nitrogens with one attached hydrogen (secondary N) is 2. The van der Waals surface area contributed by atoms with E-state index in [0.717, 1.165) is 30.8 Å². The van der Waals surface area contributed by atoms with Gasteiger partial charge in [-0.15, -0.1) is 12.4 Å². The van der Waals surface area contributed by atoms with Gasteiger partial charge < -0.3 is 10.6 Å². The molecule has 1 amide bonds. The lowest BCUT2D eigenvalue weighted by molar-refractivity contribution is 0.0944. The van der Waals surface area contributed by atoms with Crippen molar-refractivity contribution in [3.8, 4) is 0 Å². The van der Waals surface area contributed by atoms with Gasteiger partial charge >= 0.3 is 0 Å². The molecule has 0 bridgehead atoms. The highest BCUT2D eigenvalue weighted by Crippen LogP contribution is 2.12. The first-order valence-corrected chi connectivity index (χ1v) is 6.73. The highest BCUT2D eigenvalue weighted by atomic mass is 35.5. The fourth-order valence-corrected chi connectivity index (χ4v) is 2.50. The van der Waals surface area contributed by atoms with E-state index in [4.69, 9.17) is 0 Å². The van der Waals surface area contributed by atoms with E-state index in [1.54, 1.807) is 0 Å². The van der Waals surface area contributed by atoms with Crippen LogP contribution in [-0.4, -0.2) is 25.5 Å². The number of piperidine rings is 1. The monoisotopic (exact) mass is 282 g/mol. The number of halogens is 1. The molecule has 1 unspecified atom stereocenters. The van der Waals surface area contributed by atoms with Crippen molar-refractivity contribution in [3.63, 3.8) is 0 Å². The predicted octanol–water partition coefficient (Wildman–Crippen LogP) is 2.45. The van der Waals surface area contributed by atoms with Crippen LogP contribution in [0.25, 0.3) is 0 Å². The van der Waals surface area contributed by atoms with Crippen molar-refractivity contribution in [1.29, 1.82) is 0 Å². The van der Waals surface area contributed by atoms with Crippen LogP contribution < -0.4 is 10.6 Å². The Morgan fingerprint density at radius 3 is 2.84 bits per heavy atom. The normalized spacial score (nSPS) is 18.5. The van der Waals surface area contributed by atoms with Gasteiger partial charge in [0.2, 0.25) is 0 Å². The summed E-state index contributed by atoms with van der Waals surface area (Å²) in [4.78, 5) is 12.1. The van der Waals surface area contributed by atoms with Gasteiger partial charge in [0.05, 0.1) is 0 Å². The standard InChI is InChI=1S/C15H22N2O.ClH/c1-11-5-6-14(12(2)8-11)15(18)17-10-13-4-3-7-16-9-13;/h5-6,8,13,16H,3-4,7,9-10H2,1-2H3,(H,17,18);1H. The molecule has 1 aromatic rings. The van der Waals surface area contributed by atoms with Gasteiger partial charge in [0.1, 0.15) is 0 Å². The average molecular weight is 283 g/mol. The number of hydrogen-bond acceptors (Lipinski definition) is 2. The fourth-order valence-electron chi connectivity index (χ4n) is 2.50. The van der Waals surface area contributed by atoms with Crippen LogP contribution in [-0.2, 0) is 0 Å². The molecule has 19 heavy (non-hydrogen) atoms. The van der Waals surface area contributed by atoms with Crippen LogP contribution in [0.1, 0.15) is 34.3 Å². The first kappa shape index (κ1) is 16.0. The van der Waals surface area contributed by atoms with Crippen LogP contribution in [0.15, 0.2) is 18.2 Å². The zero-order valence-electron chi connectivity index (χ0n) is 11.7. The van der Waals surface area contributed by atoms with Gasteiger partial charge in [-0.2, -0.15) is 0 Å². The quantitative estimate of drug-likeness (QED) is 0.894. The highest BCUT2D eigenvalue weighted by molar-refractivity contribution is 5.95. The summed E-state index contributed by atoms with van der Waals surface area (Å²) in [7, 11) is 0. The van der Waals surface area contributed by atoms with Gasteiger partial charge in [0.25, 0.3) is 5.91 Å². The van der Waals surface area contributed by atoms with E-state index in [1.807, 2.05) is 26.0 Å². The van der Waals surface area contributed by atoms with E-state index >= 15 is 0 Å². The lowest BCUT2D eigenvalue weighted by Crippen LogP contribution is -2.38. The number of carbonyl (C=O) groups is 1. The highest BCUT2D eigenvalue weighted by Gasteiger charge is 2.15.